The van der Waals surface area contributed by atoms with E-state index < -0.39 is 11.9 Å². The van der Waals surface area contributed by atoms with Crippen LogP contribution in [0, 0.1) is 0 Å². The molecule has 0 bridgehead atoms. The molecule has 2 aliphatic rings. The molecule has 0 spiro atoms. The van der Waals surface area contributed by atoms with Crippen LogP contribution in [0.4, 0.5) is 0 Å². The maximum absolute atomic E-state index is 13.5. The van der Waals surface area contributed by atoms with Crippen LogP contribution in [0.25, 0.3) is 22.3 Å². The third-order valence-electron chi connectivity index (χ3n) is 7.64. The minimum absolute atomic E-state index is 0.00561. The number of cyclic esters (lactones) is 1. The van der Waals surface area contributed by atoms with Gasteiger partial charge in [0.25, 0.3) is 5.56 Å². The van der Waals surface area contributed by atoms with E-state index in [4.69, 9.17) is 24.9 Å². The quantitative estimate of drug-likeness (QED) is 0.242. The number of fused-ring (bicyclic) bond motifs is 5. The Bertz CT molecular complexity index is 1720. The van der Waals surface area contributed by atoms with E-state index in [-0.39, 0.29) is 18.1 Å². The van der Waals surface area contributed by atoms with E-state index in [0.29, 0.717) is 55.2 Å². The van der Waals surface area contributed by atoms with Gasteiger partial charge in [-0.25, -0.2) is 9.78 Å². The highest BCUT2D eigenvalue weighted by Gasteiger charge is 2.34. The van der Waals surface area contributed by atoms with Gasteiger partial charge in [-0.2, -0.15) is 0 Å². The number of hydrogen-bond donors (Lipinski definition) is 1. The predicted octanol–water partition coefficient (Wildman–Crippen LogP) is 4.09. The van der Waals surface area contributed by atoms with Crippen molar-refractivity contribution in [3.8, 4) is 22.9 Å². The predicted molar refractivity (Wildman–Crippen MR) is 149 cm³/mol. The first kappa shape index (κ1) is 25.8. The topological polar surface area (TPSA) is 123 Å². The van der Waals surface area contributed by atoms with Crippen molar-refractivity contribution in [3.05, 3.63) is 86.7 Å². The smallest absolute Gasteiger partial charge is 0.343 e. The minimum Gasteiger partial charge on any atom is -0.492 e. The van der Waals surface area contributed by atoms with Crippen molar-refractivity contribution in [2.75, 3.05) is 13.2 Å². The molecule has 0 radical (unpaired) electrons. The fourth-order valence-corrected chi connectivity index (χ4v) is 5.66. The standard InChI is InChI=1S/C31H29N3O6/c1-3-20-23-13-19(40-30(36)17-5-7-18(8-6-17)38-12-11-32)9-10-26(23)33-28-24(20)15-34-27(28)14-22-21(4-2)31(37)39-16-25(22)29(34)35/h5-10,13-14,21H,3-4,11-12,15-16,32H2,1-2H3. The van der Waals surface area contributed by atoms with Gasteiger partial charge in [-0.15, -0.1) is 0 Å². The van der Waals surface area contributed by atoms with Gasteiger partial charge < -0.3 is 24.5 Å². The molecule has 1 atom stereocenters. The van der Waals surface area contributed by atoms with Gasteiger partial charge in [-0.3, -0.25) is 9.59 Å². The van der Waals surface area contributed by atoms with Crippen molar-refractivity contribution in [3.63, 3.8) is 0 Å². The highest BCUT2D eigenvalue weighted by molar-refractivity contribution is 5.93. The van der Waals surface area contributed by atoms with Crippen molar-refractivity contribution in [1.29, 1.82) is 0 Å². The molecule has 0 aliphatic carbocycles. The molecule has 9 nitrogen and oxygen atoms in total. The number of aromatic nitrogens is 2. The summed E-state index contributed by atoms with van der Waals surface area (Å²) < 4.78 is 18.2. The number of esters is 2. The minimum atomic E-state index is -0.483. The Morgan fingerprint density at radius 3 is 2.58 bits per heavy atom. The average Bonchev–Trinajstić information content (AvgIpc) is 3.33. The molecule has 9 heteroatoms. The van der Waals surface area contributed by atoms with E-state index >= 15 is 0 Å². The number of carbonyl (C=O) groups is 2. The van der Waals surface area contributed by atoms with Crippen molar-refractivity contribution in [1.82, 2.24) is 9.55 Å². The number of carbonyl (C=O) groups excluding carboxylic acids is 2. The van der Waals surface area contributed by atoms with Crippen LogP contribution in [-0.2, 0) is 29.1 Å². The Kier molecular flexibility index (Phi) is 6.59. The Labute approximate surface area is 230 Å². The summed E-state index contributed by atoms with van der Waals surface area (Å²) in [7, 11) is 0. The monoisotopic (exact) mass is 539 g/mol. The number of nitrogens with zero attached hydrogens (tertiary/aromatic N) is 2. The lowest BCUT2D eigenvalue weighted by Gasteiger charge is -2.24. The molecule has 0 saturated carbocycles. The molecule has 4 aromatic rings. The molecule has 6 rings (SSSR count). The molecule has 1 unspecified atom stereocenters. The van der Waals surface area contributed by atoms with Crippen molar-refractivity contribution >= 4 is 22.8 Å². The van der Waals surface area contributed by atoms with Gasteiger partial charge in [0.05, 0.1) is 40.5 Å². The maximum Gasteiger partial charge on any atom is 0.343 e. The molecule has 2 aliphatic heterocycles. The van der Waals surface area contributed by atoms with Gasteiger partial charge in [-0.1, -0.05) is 13.8 Å². The summed E-state index contributed by atoms with van der Waals surface area (Å²) in [5.74, 6) is -0.197. The zero-order valence-electron chi connectivity index (χ0n) is 22.4. The van der Waals surface area contributed by atoms with Gasteiger partial charge in [-0.05, 0) is 72.5 Å². The molecule has 2 aromatic heterocycles. The van der Waals surface area contributed by atoms with Crippen LogP contribution in [0.5, 0.6) is 11.5 Å². The van der Waals surface area contributed by atoms with E-state index in [9.17, 15) is 14.4 Å². The highest BCUT2D eigenvalue weighted by Crippen LogP contribution is 2.39. The highest BCUT2D eigenvalue weighted by atomic mass is 16.5. The van der Waals surface area contributed by atoms with Crippen LogP contribution in [0.3, 0.4) is 0 Å². The van der Waals surface area contributed by atoms with Crippen LogP contribution in [0.15, 0.2) is 53.3 Å². The maximum atomic E-state index is 13.5. The molecule has 0 saturated heterocycles. The first-order valence-corrected chi connectivity index (χ1v) is 13.5. The van der Waals surface area contributed by atoms with Gasteiger partial charge in [0.1, 0.15) is 24.7 Å². The van der Waals surface area contributed by atoms with Crippen LogP contribution in [-0.4, -0.2) is 34.6 Å². The number of aryl methyl sites for hydroxylation is 1. The van der Waals surface area contributed by atoms with Crippen LogP contribution in [0.2, 0.25) is 0 Å². The Morgan fingerprint density at radius 2 is 1.85 bits per heavy atom. The summed E-state index contributed by atoms with van der Waals surface area (Å²) in [6.07, 6.45) is 1.26. The summed E-state index contributed by atoms with van der Waals surface area (Å²) in [5, 5.41) is 0.868. The number of pyridine rings is 2. The molecule has 204 valence electrons. The number of rotatable bonds is 7. The second-order valence-electron chi connectivity index (χ2n) is 9.92. The lowest BCUT2D eigenvalue weighted by atomic mass is 9.90. The first-order valence-electron chi connectivity index (χ1n) is 13.5. The van der Waals surface area contributed by atoms with Gasteiger partial charge >= 0.3 is 11.9 Å². The third-order valence-corrected chi connectivity index (χ3v) is 7.64. The largest absolute Gasteiger partial charge is 0.492 e. The summed E-state index contributed by atoms with van der Waals surface area (Å²) in [5.41, 5.74) is 11.2. The Balaban J connectivity index is 1.36. The first-order chi connectivity index (χ1) is 19.4. The summed E-state index contributed by atoms with van der Waals surface area (Å²) >= 11 is 0. The second kappa shape index (κ2) is 10.2. The molecule has 4 heterocycles. The fourth-order valence-electron chi connectivity index (χ4n) is 5.66. The lowest BCUT2D eigenvalue weighted by Crippen LogP contribution is -2.32. The van der Waals surface area contributed by atoms with Crippen LogP contribution in [0.1, 0.15) is 58.8 Å². The fraction of sp³-hybridized carbons (Fsp3) is 0.290. The summed E-state index contributed by atoms with van der Waals surface area (Å²) in [4.78, 5) is 43.6. The molecular weight excluding hydrogens is 510 g/mol. The summed E-state index contributed by atoms with van der Waals surface area (Å²) in [6, 6.07) is 14.0. The lowest BCUT2D eigenvalue weighted by molar-refractivity contribution is -0.148. The number of ether oxygens (including phenoxy) is 3. The Morgan fingerprint density at radius 1 is 1.07 bits per heavy atom. The van der Waals surface area contributed by atoms with Gasteiger partial charge in [0, 0.05) is 17.5 Å². The number of hydrogen-bond acceptors (Lipinski definition) is 8. The van der Waals surface area contributed by atoms with E-state index in [2.05, 4.69) is 6.92 Å². The summed E-state index contributed by atoms with van der Waals surface area (Å²) in [6.45, 7) is 5.15. The molecule has 0 fully saturated rings. The zero-order chi connectivity index (χ0) is 28.0. The number of nitrogens with two attached hydrogens (primary N) is 1. The molecule has 0 amide bonds. The van der Waals surface area contributed by atoms with Crippen molar-refractivity contribution in [2.24, 2.45) is 5.73 Å². The third kappa shape index (κ3) is 4.23. The van der Waals surface area contributed by atoms with Crippen LogP contribution < -0.4 is 20.8 Å². The average molecular weight is 540 g/mol. The van der Waals surface area contributed by atoms with Crippen LogP contribution >= 0.6 is 0 Å². The van der Waals surface area contributed by atoms with Crippen molar-refractivity contribution < 1.29 is 23.8 Å². The molecule has 40 heavy (non-hydrogen) atoms. The SMILES string of the molecule is CCc1c2c(nc3ccc(OC(=O)c4ccc(OCCN)cc4)cc13)-c1cc3c(c(=O)n1C2)COC(=O)C3CC. The molecule has 2 aromatic carbocycles. The van der Waals surface area contributed by atoms with Gasteiger partial charge in [0.2, 0.25) is 0 Å². The number of benzene rings is 2. The Hall–Kier alpha value is -4.50. The zero-order valence-corrected chi connectivity index (χ0v) is 22.4. The van der Waals surface area contributed by atoms with E-state index in [1.54, 1.807) is 34.9 Å². The van der Waals surface area contributed by atoms with Crippen molar-refractivity contribution in [2.45, 2.75) is 45.8 Å². The van der Waals surface area contributed by atoms with Gasteiger partial charge in [0.15, 0.2) is 0 Å². The molecule has 2 N–H and O–H groups in total. The molecular formula is C31H29N3O6. The normalized spacial score (nSPS) is 15.3. The van der Waals surface area contributed by atoms with E-state index in [1.165, 1.54) is 0 Å². The second-order valence-corrected chi connectivity index (χ2v) is 9.92. The van der Waals surface area contributed by atoms with E-state index in [1.807, 2.05) is 25.1 Å². The van der Waals surface area contributed by atoms with E-state index in [0.717, 1.165) is 39.0 Å².